The fourth-order valence-electron chi connectivity index (χ4n) is 0.338. The summed E-state index contributed by atoms with van der Waals surface area (Å²) in [5.74, 6) is -0.206. The van der Waals surface area contributed by atoms with Gasteiger partial charge in [0.15, 0.2) is 0 Å². The first-order valence-corrected chi connectivity index (χ1v) is 5.10. The molecular weight excluding hydrogens is 176 g/mol. The molecule has 84 valence electrons. The predicted molar refractivity (Wildman–Crippen MR) is 63.3 cm³/mol. The van der Waals surface area contributed by atoms with Gasteiger partial charge in [0.1, 0.15) is 0 Å². The minimum atomic E-state index is -0.206. The molecule has 0 saturated heterocycles. The lowest BCUT2D eigenvalue weighted by Gasteiger charge is -1.94. The third-order valence-electron chi connectivity index (χ3n) is 0.905. The van der Waals surface area contributed by atoms with E-state index in [1.807, 2.05) is 19.9 Å². The van der Waals surface area contributed by atoms with Gasteiger partial charge in [-0.3, -0.25) is 4.79 Å². The van der Waals surface area contributed by atoms with Crippen LogP contribution < -0.4 is 0 Å². The van der Waals surface area contributed by atoms with Gasteiger partial charge in [-0.2, -0.15) is 0 Å². The van der Waals surface area contributed by atoms with Crippen LogP contribution in [-0.2, 0) is 9.53 Å². The van der Waals surface area contributed by atoms with Crippen LogP contribution in [0.2, 0.25) is 0 Å². The molecular formula is C12H24O2. The van der Waals surface area contributed by atoms with Crippen LogP contribution in [0, 0.1) is 0 Å². The number of ether oxygens (including phenoxy) is 1. The van der Waals surface area contributed by atoms with Crippen molar-refractivity contribution in [2.24, 2.45) is 0 Å². The van der Waals surface area contributed by atoms with Gasteiger partial charge in [0.2, 0.25) is 0 Å². The highest BCUT2D eigenvalue weighted by Gasteiger charge is 1.93. The standard InChI is InChI=1S/C6H10O2.C4H8.C2H6/c1-3-5-6(7)8-4-2;1-3-4-2;1-2/h3H,1,4-5H2,2H3;3H,1,4H2,2H3;1-2H3. The van der Waals surface area contributed by atoms with Crippen molar-refractivity contribution in [1.29, 1.82) is 0 Å². The fraction of sp³-hybridized carbons (Fsp3) is 0.583. The Balaban J connectivity index is -0.000000170. The normalized spacial score (nSPS) is 6.86. The first kappa shape index (κ1) is 18.7. The molecule has 0 bridgehead atoms. The Bertz CT molecular complexity index is 128. The average Bonchev–Trinajstić information content (AvgIpc) is 2.22. The number of carbonyl (C=O) groups excluding carboxylic acids is 1. The van der Waals surface area contributed by atoms with Crippen molar-refractivity contribution in [2.75, 3.05) is 6.61 Å². The third-order valence-corrected chi connectivity index (χ3v) is 0.905. The van der Waals surface area contributed by atoms with Crippen molar-refractivity contribution >= 4 is 5.97 Å². The monoisotopic (exact) mass is 200 g/mol. The first-order valence-electron chi connectivity index (χ1n) is 5.10. The van der Waals surface area contributed by atoms with Gasteiger partial charge in [-0.05, 0) is 13.3 Å². The zero-order valence-electron chi connectivity index (χ0n) is 10.0. The Morgan fingerprint density at radius 2 is 1.64 bits per heavy atom. The molecule has 0 rings (SSSR count). The van der Waals surface area contributed by atoms with Crippen molar-refractivity contribution in [1.82, 2.24) is 0 Å². The second-order valence-electron chi connectivity index (χ2n) is 1.99. The predicted octanol–water partition coefficient (Wildman–Crippen LogP) is 3.73. The molecule has 0 atom stereocenters. The first-order chi connectivity index (χ1) is 6.72. The van der Waals surface area contributed by atoms with Gasteiger partial charge in [0.25, 0.3) is 0 Å². The summed E-state index contributed by atoms with van der Waals surface area (Å²) >= 11 is 0. The van der Waals surface area contributed by atoms with Crippen molar-refractivity contribution < 1.29 is 9.53 Å². The summed E-state index contributed by atoms with van der Waals surface area (Å²) in [5, 5.41) is 0. The van der Waals surface area contributed by atoms with Crippen molar-refractivity contribution in [3.63, 3.8) is 0 Å². The summed E-state index contributed by atoms with van der Waals surface area (Å²) in [6.45, 7) is 15.2. The van der Waals surface area contributed by atoms with E-state index in [4.69, 9.17) is 0 Å². The molecule has 0 aromatic rings. The van der Waals surface area contributed by atoms with E-state index in [0.29, 0.717) is 13.0 Å². The highest BCUT2D eigenvalue weighted by molar-refractivity contribution is 5.70. The van der Waals surface area contributed by atoms with Gasteiger partial charge in [-0.15, -0.1) is 13.2 Å². The summed E-state index contributed by atoms with van der Waals surface area (Å²) in [6.07, 6.45) is 4.80. The highest BCUT2D eigenvalue weighted by atomic mass is 16.5. The Hall–Kier alpha value is -1.05. The number of carbonyl (C=O) groups is 1. The summed E-state index contributed by atoms with van der Waals surface area (Å²) < 4.78 is 4.57. The van der Waals surface area contributed by atoms with Crippen LogP contribution >= 0.6 is 0 Å². The Morgan fingerprint density at radius 1 is 1.21 bits per heavy atom. The van der Waals surface area contributed by atoms with Crippen LogP contribution in [0.15, 0.2) is 25.3 Å². The molecule has 0 radical (unpaired) electrons. The molecule has 0 aliphatic heterocycles. The highest BCUT2D eigenvalue weighted by Crippen LogP contribution is 1.84. The van der Waals surface area contributed by atoms with Gasteiger partial charge in [0, 0.05) is 0 Å². The van der Waals surface area contributed by atoms with E-state index in [-0.39, 0.29) is 5.97 Å². The topological polar surface area (TPSA) is 26.3 Å². The van der Waals surface area contributed by atoms with E-state index in [1.54, 1.807) is 6.92 Å². The lowest BCUT2D eigenvalue weighted by atomic mass is 10.4. The smallest absolute Gasteiger partial charge is 0.309 e. The molecule has 0 N–H and O–H groups in total. The second-order valence-corrected chi connectivity index (χ2v) is 1.99. The van der Waals surface area contributed by atoms with E-state index in [0.717, 1.165) is 6.42 Å². The zero-order chi connectivity index (χ0) is 11.8. The van der Waals surface area contributed by atoms with Gasteiger partial charge >= 0.3 is 5.97 Å². The minimum Gasteiger partial charge on any atom is -0.466 e. The Labute approximate surface area is 88.7 Å². The summed E-state index contributed by atoms with van der Waals surface area (Å²) in [5.41, 5.74) is 0. The molecule has 2 nitrogen and oxygen atoms in total. The quantitative estimate of drug-likeness (QED) is 0.510. The van der Waals surface area contributed by atoms with Crippen LogP contribution in [0.1, 0.15) is 40.5 Å². The molecule has 0 unspecified atom stereocenters. The maximum atomic E-state index is 10.3. The fourth-order valence-corrected chi connectivity index (χ4v) is 0.338. The lowest BCUT2D eigenvalue weighted by Crippen LogP contribution is -2.00. The number of esters is 1. The van der Waals surface area contributed by atoms with Crippen molar-refractivity contribution in [3.8, 4) is 0 Å². The van der Waals surface area contributed by atoms with Gasteiger partial charge in [-0.25, -0.2) is 0 Å². The van der Waals surface area contributed by atoms with Crippen LogP contribution in [0.3, 0.4) is 0 Å². The largest absolute Gasteiger partial charge is 0.466 e. The molecule has 0 saturated carbocycles. The summed E-state index contributed by atoms with van der Waals surface area (Å²) in [6, 6.07) is 0. The van der Waals surface area contributed by atoms with Crippen molar-refractivity contribution in [2.45, 2.75) is 40.5 Å². The molecule has 0 spiro atoms. The molecule has 2 heteroatoms. The van der Waals surface area contributed by atoms with Gasteiger partial charge < -0.3 is 4.74 Å². The second kappa shape index (κ2) is 22.7. The molecule has 0 aliphatic rings. The Morgan fingerprint density at radius 3 is 1.86 bits per heavy atom. The molecule has 0 heterocycles. The van der Waals surface area contributed by atoms with Gasteiger partial charge in [-0.1, -0.05) is 32.9 Å². The zero-order valence-corrected chi connectivity index (χ0v) is 10.0. The van der Waals surface area contributed by atoms with Crippen molar-refractivity contribution in [3.05, 3.63) is 25.3 Å². The van der Waals surface area contributed by atoms with E-state index in [9.17, 15) is 4.79 Å². The summed E-state index contributed by atoms with van der Waals surface area (Å²) in [7, 11) is 0. The Kier molecular flexibility index (Phi) is 30.2. The molecule has 0 aromatic heterocycles. The van der Waals surface area contributed by atoms with E-state index >= 15 is 0 Å². The maximum Gasteiger partial charge on any atom is 0.309 e. The van der Waals surface area contributed by atoms with Crippen LogP contribution in [0.4, 0.5) is 0 Å². The number of hydrogen-bond donors (Lipinski definition) is 0. The number of rotatable bonds is 4. The van der Waals surface area contributed by atoms with E-state index in [1.165, 1.54) is 6.08 Å². The van der Waals surface area contributed by atoms with Crippen LogP contribution in [0.25, 0.3) is 0 Å². The molecule has 0 aliphatic carbocycles. The molecule has 0 aromatic carbocycles. The minimum absolute atomic E-state index is 0.206. The van der Waals surface area contributed by atoms with E-state index < -0.39 is 0 Å². The summed E-state index contributed by atoms with van der Waals surface area (Å²) in [4.78, 5) is 10.3. The van der Waals surface area contributed by atoms with Crippen LogP contribution in [-0.4, -0.2) is 12.6 Å². The number of allylic oxidation sites excluding steroid dienone is 1. The third kappa shape index (κ3) is 30.6. The number of hydrogen-bond acceptors (Lipinski definition) is 2. The maximum absolute atomic E-state index is 10.3. The van der Waals surface area contributed by atoms with Crippen LogP contribution in [0.5, 0.6) is 0 Å². The molecule has 14 heavy (non-hydrogen) atoms. The lowest BCUT2D eigenvalue weighted by molar-refractivity contribution is -0.142. The SMILES string of the molecule is C=CCC.C=CCC(=O)OCC.CC. The molecule has 0 fully saturated rings. The average molecular weight is 200 g/mol. The van der Waals surface area contributed by atoms with Gasteiger partial charge in [0.05, 0.1) is 13.0 Å². The van der Waals surface area contributed by atoms with E-state index in [2.05, 4.69) is 24.8 Å². The molecule has 0 amide bonds.